The van der Waals surface area contributed by atoms with Crippen molar-refractivity contribution in [3.8, 4) is 22.6 Å². The Kier molecular flexibility index (Phi) is 5.37. The Morgan fingerprint density at radius 1 is 1.03 bits per heavy atom. The highest BCUT2D eigenvalue weighted by atomic mass is 19.1. The molecule has 0 unspecified atom stereocenters. The van der Waals surface area contributed by atoms with Crippen molar-refractivity contribution in [2.24, 2.45) is 0 Å². The fourth-order valence-corrected chi connectivity index (χ4v) is 3.59. The van der Waals surface area contributed by atoms with Crippen molar-refractivity contribution in [1.29, 1.82) is 0 Å². The second-order valence-electron chi connectivity index (χ2n) is 6.75. The first kappa shape index (κ1) is 19.8. The number of anilines is 1. The minimum absolute atomic E-state index is 0.0273. The van der Waals surface area contributed by atoms with Gasteiger partial charge in [-0.1, -0.05) is 12.1 Å². The molecule has 0 aromatic heterocycles. The first-order valence-corrected chi connectivity index (χ1v) is 9.24. The van der Waals surface area contributed by atoms with Crippen LogP contribution >= 0.6 is 0 Å². The van der Waals surface area contributed by atoms with E-state index in [0.717, 1.165) is 12.1 Å². The Hall–Kier alpha value is -3.46. The van der Waals surface area contributed by atoms with E-state index in [2.05, 4.69) is 15.6 Å². The molecule has 0 saturated heterocycles. The van der Waals surface area contributed by atoms with Crippen molar-refractivity contribution in [1.82, 2.24) is 5.48 Å². The number of para-hydroxylation sites is 1. The van der Waals surface area contributed by atoms with Crippen LogP contribution in [0.15, 0.2) is 41.5 Å². The van der Waals surface area contributed by atoms with Crippen molar-refractivity contribution < 1.29 is 32.7 Å². The van der Waals surface area contributed by atoms with Crippen LogP contribution in [0.25, 0.3) is 11.1 Å². The van der Waals surface area contributed by atoms with Crippen LogP contribution in [-0.4, -0.2) is 25.7 Å². The average Bonchev–Trinajstić information content (AvgIpc) is 3.39. The highest BCUT2D eigenvalue weighted by molar-refractivity contribution is 6.10. The molecule has 2 aromatic rings. The van der Waals surface area contributed by atoms with E-state index in [1.165, 1.54) is 7.11 Å². The number of rotatable bonds is 5. The molecule has 1 heterocycles. The lowest BCUT2D eigenvalue weighted by atomic mass is 10.0. The zero-order valence-electron chi connectivity index (χ0n) is 16.0. The molecule has 2 aromatic carbocycles. The van der Waals surface area contributed by atoms with Gasteiger partial charge in [0.2, 0.25) is 6.79 Å². The lowest BCUT2D eigenvalue weighted by Gasteiger charge is -2.12. The van der Waals surface area contributed by atoms with Gasteiger partial charge in [0, 0.05) is 16.7 Å². The van der Waals surface area contributed by atoms with Gasteiger partial charge in [0.25, 0.3) is 11.8 Å². The van der Waals surface area contributed by atoms with E-state index in [0.29, 0.717) is 36.3 Å². The topological polar surface area (TPSA) is 85.9 Å². The molecule has 2 amide bonds. The minimum atomic E-state index is -0.948. The zero-order chi connectivity index (χ0) is 21.3. The van der Waals surface area contributed by atoms with Crippen molar-refractivity contribution in [2.75, 3.05) is 19.2 Å². The number of hydrogen-bond donors (Lipinski definition) is 2. The number of hydroxylamine groups is 1. The predicted octanol–water partition coefficient (Wildman–Crippen LogP) is 3.46. The van der Waals surface area contributed by atoms with E-state index in [9.17, 15) is 18.4 Å². The number of hydrogen-bond acceptors (Lipinski definition) is 5. The lowest BCUT2D eigenvalue weighted by molar-refractivity contribution is -0.127. The Labute approximate surface area is 170 Å². The summed E-state index contributed by atoms with van der Waals surface area (Å²) < 4.78 is 40.1. The number of benzene rings is 2. The summed E-state index contributed by atoms with van der Waals surface area (Å²) in [5, 5.41) is 2.25. The summed E-state index contributed by atoms with van der Waals surface area (Å²) in [6, 6.07) is 7.26. The van der Waals surface area contributed by atoms with Crippen LogP contribution in [0.4, 0.5) is 14.5 Å². The van der Waals surface area contributed by atoms with Gasteiger partial charge in [-0.25, -0.2) is 14.3 Å². The second-order valence-corrected chi connectivity index (χ2v) is 6.75. The fraction of sp³-hybridized carbons (Fsp3) is 0.238. The standard InChI is InChI=1S/C21H18F2N2O5/c1-28-25-21(27)14-6-2-5-13(14)20(26)24-18-15(22)8-11(9-16(18)23)12-4-3-7-17-19(12)30-10-29-17/h3-4,7-9H,2,5-6,10H2,1H3,(H,24,26)(H,25,27). The average molecular weight is 416 g/mol. The van der Waals surface area contributed by atoms with Gasteiger partial charge in [-0.3, -0.25) is 14.4 Å². The summed E-state index contributed by atoms with van der Waals surface area (Å²) >= 11 is 0. The second kappa shape index (κ2) is 8.11. The number of carbonyl (C=O) groups is 2. The molecule has 2 N–H and O–H groups in total. The van der Waals surface area contributed by atoms with Crippen LogP contribution in [0, 0.1) is 11.6 Å². The third-order valence-corrected chi connectivity index (χ3v) is 4.95. The molecule has 0 fully saturated rings. The number of fused-ring (bicyclic) bond motifs is 1. The number of halogens is 2. The molecule has 9 heteroatoms. The van der Waals surface area contributed by atoms with Crippen molar-refractivity contribution >= 4 is 17.5 Å². The molecule has 30 heavy (non-hydrogen) atoms. The maximum absolute atomic E-state index is 14.7. The molecule has 4 rings (SSSR count). The molecule has 0 saturated carbocycles. The lowest BCUT2D eigenvalue weighted by Crippen LogP contribution is -2.26. The van der Waals surface area contributed by atoms with Crippen molar-refractivity contribution in [3.63, 3.8) is 0 Å². The third-order valence-electron chi connectivity index (χ3n) is 4.95. The summed E-state index contributed by atoms with van der Waals surface area (Å²) in [7, 11) is 1.28. The molecule has 156 valence electrons. The maximum atomic E-state index is 14.7. The minimum Gasteiger partial charge on any atom is -0.454 e. The highest BCUT2D eigenvalue weighted by Gasteiger charge is 2.27. The largest absolute Gasteiger partial charge is 0.454 e. The summed E-state index contributed by atoms with van der Waals surface area (Å²) in [5.74, 6) is -2.28. The number of nitrogens with one attached hydrogen (secondary N) is 2. The number of carbonyl (C=O) groups excluding carboxylic acids is 2. The molecule has 1 aliphatic heterocycles. The monoisotopic (exact) mass is 416 g/mol. The van der Waals surface area contributed by atoms with Gasteiger partial charge in [-0.2, -0.15) is 0 Å². The normalized spacial score (nSPS) is 14.8. The van der Waals surface area contributed by atoms with Crippen LogP contribution in [-0.2, 0) is 14.4 Å². The van der Waals surface area contributed by atoms with Crippen LogP contribution < -0.4 is 20.3 Å². The molecule has 0 spiro atoms. The van der Waals surface area contributed by atoms with Gasteiger partial charge < -0.3 is 14.8 Å². The van der Waals surface area contributed by atoms with E-state index >= 15 is 0 Å². The Morgan fingerprint density at radius 3 is 2.43 bits per heavy atom. The van der Waals surface area contributed by atoms with Gasteiger partial charge in [-0.05, 0) is 43.0 Å². The number of ether oxygens (including phenoxy) is 2. The van der Waals surface area contributed by atoms with Crippen LogP contribution in [0.5, 0.6) is 11.5 Å². The van der Waals surface area contributed by atoms with Gasteiger partial charge in [-0.15, -0.1) is 0 Å². The Bertz CT molecular complexity index is 1040. The van der Waals surface area contributed by atoms with Crippen molar-refractivity contribution in [3.05, 3.63) is 53.1 Å². The van der Waals surface area contributed by atoms with Crippen molar-refractivity contribution in [2.45, 2.75) is 19.3 Å². The molecular formula is C21H18F2N2O5. The van der Waals surface area contributed by atoms with Crippen LogP contribution in [0.3, 0.4) is 0 Å². The fourth-order valence-electron chi connectivity index (χ4n) is 3.59. The molecule has 0 bridgehead atoms. The summed E-state index contributed by atoms with van der Waals surface area (Å²) in [5.41, 5.74) is 2.70. The molecule has 7 nitrogen and oxygen atoms in total. The first-order chi connectivity index (χ1) is 14.5. The first-order valence-electron chi connectivity index (χ1n) is 9.24. The van der Waals surface area contributed by atoms with Crippen LogP contribution in [0.1, 0.15) is 19.3 Å². The zero-order valence-corrected chi connectivity index (χ0v) is 16.0. The van der Waals surface area contributed by atoms with Crippen LogP contribution in [0.2, 0.25) is 0 Å². The summed E-state index contributed by atoms with van der Waals surface area (Å²) in [4.78, 5) is 29.2. The highest BCUT2D eigenvalue weighted by Crippen LogP contribution is 2.42. The van der Waals surface area contributed by atoms with Gasteiger partial charge >= 0.3 is 0 Å². The SMILES string of the molecule is CONC(=O)C1=C(C(=O)Nc2c(F)cc(-c3cccc4c3OCO4)cc2F)CCC1. The van der Waals surface area contributed by atoms with E-state index in [-0.39, 0.29) is 23.5 Å². The third kappa shape index (κ3) is 3.59. The maximum Gasteiger partial charge on any atom is 0.271 e. The predicted molar refractivity (Wildman–Crippen MR) is 103 cm³/mol. The Morgan fingerprint density at radius 2 is 1.73 bits per heavy atom. The number of amides is 2. The van der Waals surface area contributed by atoms with E-state index in [1.807, 2.05) is 0 Å². The van der Waals surface area contributed by atoms with E-state index in [1.54, 1.807) is 18.2 Å². The summed E-state index contributed by atoms with van der Waals surface area (Å²) in [6.07, 6.45) is 1.29. The van der Waals surface area contributed by atoms with Gasteiger partial charge in [0.1, 0.15) is 17.3 Å². The van der Waals surface area contributed by atoms with E-state index < -0.39 is 29.1 Å². The molecule has 0 radical (unpaired) electrons. The molecule has 2 aliphatic rings. The van der Waals surface area contributed by atoms with E-state index in [4.69, 9.17) is 9.47 Å². The quantitative estimate of drug-likeness (QED) is 0.730. The van der Waals surface area contributed by atoms with Gasteiger partial charge in [0.05, 0.1) is 7.11 Å². The smallest absolute Gasteiger partial charge is 0.271 e. The molecular weight excluding hydrogens is 398 g/mol. The summed E-state index contributed by atoms with van der Waals surface area (Å²) in [6.45, 7) is 0.0273. The molecule has 0 atom stereocenters. The van der Waals surface area contributed by atoms with Gasteiger partial charge in [0.15, 0.2) is 11.5 Å². The Balaban J connectivity index is 1.62. The molecule has 1 aliphatic carbocycles.